The van der Waals surface area contributed by atoms with E-state index >= 15 is 0 Å². The van der Waals surface area contributed by atoms with Gasteiger partial charge in [0, 0.05) is 24.3 Å². The van der Waals surface area contributed by atoms with Crippen molar-refractivity contribution in [3.8, 4) is 0 Å². The number of aromatic nitrogens is 3. The van der Waals surface area contributed by atoms with Gasteiger partial charge in [-0.3, -0.25) is 4.98 Å². The Bertz CT molecular complexity index is 980. The number of nitrogens with zero attached hydrogens (tertiary/aromatic N) is 3. The number of benzene rings is 1. The Kier molecular flexibility index (Phi) is 5.34. The molecule has 0 bridgehead atoms. The van der Waals surface area contributed by atoms with E-state index in [0.717, 1.165) is 5.69 Å². The summed E-state index contributed by atoms with van der Waals surface area (Å²) in [6, 6.07) is 11.3. The van der Waals surface area contributed by atoms with Crippen molar-refractivity contribution in [1.29, 1.82) is 0 Å². The van der Waals surface area contributed by atoms with Crippen LogP contribution in [0.3, 0.4) is 0 Å². The minimum Gasteiger partial charge on any atom is -0.332 e. The standard InChI is InChI=1S/C16H14N6O2S2/c23-26(24,22-15-18-9-2-10-19-15)14-6-4-12(5-7-14)20-16(25)21-13-3-1-8-17-11-13/h1-11H,(H,18,19,22)(H2,20,21,25). The third-order valence-electron chi connectivity index (χ3n) is 3.13. The Morgan fingerprint density at radius 2 is 1.58 bits per heavy atom. The summed E-state index contributed by atoms with van der Waals surface area (Å²) in [7, 11) is -3.77. The average molecular weight is 386 g/mol. The Balaban J connectivity index is 1.65. The fourth-order valence-electron chi connectivity index (χ4n) is 1.98. The van der Waals surface area contributed by atoms with E-state index in [4.69, 9.17) is 12.2 Å². The Hall–Kier alpha value is -3.11. The molecule has 0 saturated heterocycles. The van der Waals surface area contributed by atoms with Crippen LogP contribution in [0.25, 0.3) is 0 Å². The SMILES string of the molecule is O=S(=O)(Nc1ncccn1)c1ccc(NC(=S)Nc2cccnc2)cc1. The molecule has 0 unspecified atom stereocenters. The van der Waals surface area contributed by atoms with Crippen molar-refractivity contribution in [2.75, 3.05) is 15.4 Å². The summed E-state index contributed by atoms with van der Waals surface area (Å²) >= 11 is 5.21. The Morgan fingerprint density at radius 3 is 2.23 bits per heavy atom. The molecule has 26 heavy (non-hydrogen) atoms. The number of anilines is 3. The van der Waals surface area contributed by atoms with E-state index in [1.807, 2.05) is 6.07 Å². The molecule has 2 heterocycles. The van der Waals surface area contributed by atoms with E-state index in [9.17, 15) is 8.42 Å². The van der Waals surface area contributed by atoms with Crippen LogP contribution in [0.4, 0.5) is 17.3 Å². The highest BCUT2D eigenvalue weighted by atomic mass is 32.2. The van der Waals surface area contributed by atoms with Crippen molar-refractivity contribution >= 4 is 44.7 Å². The monoisotopic (exact) mass is 386 g/mol. The molecule has 0 amide bonds. The van der Waals surface area contributed by atoms with Crippen LogP contribution in [0, 0.1) is 0 Å². The summed E-state index contributed by atoms with van der Waals surface area (Å²) < 4.78 is 27.0. The maximum atomic E-state index is 12.3. The lowest BCUT2D eigenvalue weighted by Gasteiger charge is -2.11. The largest absolute Gasteiger partial charge is 0.332 e. The Morgan fingerprint density at radius 1 is 0.885 bits per heavy atom. The van der Waals surface area contributed by atoms with E-state index in [2.05, 4.69) is 30.3 Å². The lowest BCUT2D eigenvalue weighted by molar-refractivity contribution is 0.601. The minimum absolute atomic E-state index is 0.0107. The van der Waals surface area contributed by atoms with Crippen molar-refractivity contribution in [3.63, 3.8) is 0 Å². The summed E-state index contributed by atoms with van der Waals surface area (Å²) in [5.41, 5.74) is 1.39. The van der Waals surface area contributed by atoms with Crippen LogP contribution >= 0.6 is 12.2 Å². The Labute approximate surface area is 155 Å². The zero-order valence-electron chi connectivity index (χ0n) is 13.3. The molecular formula is C16H14N6O2S2. The van der Waals surface area contributed by atoms with Gasteiger partial charge >= 0.3 is 0 Å². The van der Waals surface area contributed by atoms with Crippen LogP contribution in [0.2, 0.25) is 0 Å². The van der Waals surface area contributed by atoms with Crippen molar-refractivity contribution in [3.05, 3.63) is 67.3 Å². The van der Waals surface area contributed by atoms with Crippen LogP contribution < -0.4 is 15.4 Å². The molecule has 0 atom stereocenters. The van der Waals surface area contributed by atoms with Crippen molar-refractivity contribution in [2.45, 2.75) is 4.90 Å². The molecule has 3 rings (SSSR count). The highest BCUT2D eigenvalue weighted by molar-refractivity contribution is 7.92. The zero-order chi connectivity index (χ0) is 18.4. The first kappa shape index (κ1) is 17.7. The second kappa shape index (κ2) is 7.85. The van der Waals surface area contributed by atoms with Gasteiger partial charge in [0.05, 0.1) is 16.8 Å². The van der Waals surface area contributed by atoms with Gasteiger partial charge in [-0.25, -0.2) is 23.1 Å². The van der Waals surface area contributed by atoms with E-state index in [1.165, 1.54) is 24.5 Å². The molecule has 132 valence electrons. The number of pyridine rings is 1. The first-order valence-electron chi connectivity index (χ1n) is 7.41. The number of hydrogen-bond donors (Lipinski definition) is 3. The summed E-state index contributed by atoms with van der Waals surface area (Å²) in [6.45, 7) is 0. The molecule has 0 aliphatic rings. The van der Waals surface area contributed by atoms with Gasteiger partial charge in [-0.1, -0.05) is 0 Å². The molecule has 3 N–H and O–H groups in total. The lowest BCUT2D eigenvalue weighted by Crippen LogP contribution is -2.19. The molecule has 0 aliphatic heterocycles. The predicted molar refractivity (Wildman–Crippen MR) is 103 cm³/mol. The number of nitrogens with one attached hydrogen (secondary N) is 3. The number of sulfonamides is 1. The topological polar surface area (TPSA) is 109 Å². The molecule has 0 fully saturated rings. The second-order valence-electron chi connectivity index (χ2n) is 5.02. The van der Waals surface area contributed by atoms with E-state index in [1.54, 1.807) is 36.7 Å². The normalized spacial score (nSPS) is 10.8. The molecule has 2 aromatic heterocycles. The van der Waals surface area contributed by atoms with E-state index in [-0.39, 0.29) is 10.8 Å². The fourth-order valence-corrected chi connectivity index (χ4v) is 3.17. The minimum atomic E-state index is -3.77. The van der Waals surface area contributed by atoms with E-state index < -0.39 is 10.0 Å². The average Bonchev–Trinajstić information content (AvgIpc) is 2.63. The van der Waals surface area contributed by atoms with Gasteiger partial charge < -0.3 is 10.6 Å². The van der Waals surface area contributed by atoms with Gasteiger partial charge in [-0.2, -0.15) is 0 Å². The summed E-state index contributed by atoms with van der Waals surface area (Å²) in [4.78, 5) is 11.8. The number of rotatable bonds is 5. The number of thiocarbonyl (C=S) groups is 1. The third kappa shape index (κ3) is 4.71. The van der Waals surface area contributed by atoms with Crippen LogP contribution in [0.1, 0.15) is 0 Å². The van der Waals surface area contributed by atoms with Crippen LogP contribution in [0.5, 0.6) is 0 Å². The first-order valence-corrected chi connectivity index (χ1v) is 9.30. The van der Waals surface area contributed by atoms with Gasteiger partial charge in [-0.05, 0) is 54.7 Å². The third-order valence-corrected chi connectivity index (χ3v) is 4.68. The second-order valence-corrected chi connectivity index (χ2v) is 7.11. The van der Waals surface area contributed by atoms with Gasteiger partial charge in [0.1, 0.15) is 0 Å². The smallest absolute Gasteiger partial charge is 0.264 e. The fraction of sp³-hybridized carbons (Fsp3) is 0. The molecule has 1 aromatic carbocycles. The van der Waals surface area contributed by atoms with Crippen LogP contribution in [0.15, 0.2) is 72.1 Å². The molecule has 0 spiro atoms. The van der Waals surface area contributed by atoms with E-state index in [0.29, 0.717) is 10.8 Å². The van der Waals surface area contributed by atoms with Crippen molar-refractivity contribution in [2.24, 2.45) is 0 Å². The molecule has 3 aromatic rings. The zero-order valence-corrected chi connectivity index (χ0v) is 15.0. The first-order chi connectivity index (χ1) is 12.5. The van der Waals surface area contributed by atoms with Gasteiger partial charge in [0.2, 0.25) is 5.95 Å². The molecule has 0 saturated carbocycles. The highest BCUT2D eigenvalue weighted by Gasteiger charge is 2.15. The summed E-state index contributed by atoms with van der Waals surface area (Å²) in [5, 5.41) is 6.32. The quantitative estimate of drug-likeness (QED) is 0.574. The predicted octanol–water partition coefficient (Wildman–Crippen LogP) is 2.48. The van der Waals surface area contributed by atoms with Crippen LogP contribution in [-0.4, -0.2) is 28.5 Å². The van der Waals surface area contributed by atoms with Crippen LogP contribution in [-0.2, 0) is 10.0 Å². The van der Waals surface area contributed by atoms with Gasteiger partial charge in [0.25, 0.3) is 10.0 Å². The van der Waals surface area contributed by atoms with Gasteiger partial charge in [0.15, 0.2) is 5.11 Å². The number of hydrogen-bond acceptors (Lipinski definition) is 6. The maximum absolute atomic E-state index is 12.3. The summed E-state index contributed by atoms with van der Waals surface area (Å²) in [5.74, 6) is 0.0107. The molecular weight excluding hydrogens is 372 g/mol. The molecule has 10 heteroatoms. The van der Waals surface area contributed by atoms with Crippen molar-refractivity contribution in [1.82, 2.24) is 15.0 Å². The molecule has 0 radical (unpaired) electrons. The maximum Gasteiger partial charge on any atom is 0.264 e. The molecule has 0 aliphatic carbocycles. The van der Waals surface area contributed by atoms with Crippen molar-refractivity contribution < 1.29 is 8.42 Å². The van der Waals surface area contributed by atoms with Gasteiger partial charge in [-0.15, -0.1) is 0 Å². The summed E-state index contributed by atoms with van der Waals surface area (Å²) in [6.07, 6.45) is 6.21. The lowest BCUT2D eigenvalue weighted by atomic mass is 10.3. The highest BCUT2D eigenvalue weighted by Crippen LogP contribution is 2.16. The molecule has 8 nitrogen and oxygen atoms in total.